The summed E-state index contributed by atoms with van der Waals surface area (Å²) in [5.41, 5.74) is 0.206. The van der Waals surface area contributed by atoms with E-state index in [0.29, 0.717) is 11.4 Å². The lowest BCUT2D eigenvalue weighted by molar-refractivity contribution is 0.551. The third-order valence-electron chi connectivity index (χ3n) is 3.81. The summed E-state index contributed by atoms with van der Waals surface area (Å²) in [6.45, 7) is 0.0803. The Kier molecular flexibility index (Phi) is 5.01. The number of hydrogen-bond acceptors (Lipinski definition) is 4. The molecule has 0 unspecified atom stereocenters. The van der Waals surface area contributed by atoms with Gasteiger partial charge >= 0.3 is 5.69 Å². The van der Waals surface area contributed by atoms with Gasteiger partial charge in [0.15, 0.2) is 5.82 Å². The molecular formula is C17H17FN4O3S. The van der Waals surface area contributed by atoms with Crippen LogP contribution in [0.5, 0.6) is 0 Å². The van der Waals surface area contributed by atoms with Crippen LogP contribution in [0.4, 0.5) is 4.39 Å². The second-order valence-electron chi connectivity index (χ2n) is 5.61. The van der Waals surface area contributed by atoms with Gasteiger partial charge in [-0.15, -0.1) is 5.10 Å². The van der Waals surface area contributed by atoms with E-state index in [1.807, 2.05) is 0 Å². The number of benzene rings is 2. The molecule has 136 valence electrons. The average molecular weight is 376 g/mol. The summed E-state index contributed by atoms with van der Waals surface area (Å²) in [5.74, 6) is -0.00517. The zero-order valence-corrected chi connectivity index (χ0v) is 14.8. The van der Waals surface area contributed by atoms with E-state index in [4.69, 9.17) is 0 Å². The highest BCUT2D eigenvalue weighted by atomic mass is 32.2. The van der Waals surface area contributed by atoms with Crippen molar-refractivity contribution in [2.24, 2.45) is 7.05 Å². The van der Waals surface area contributed by atoms with Crippen molar-refractivity contribution in [3.05, 3.63) is 70.9 Å². The number of sulfonamides is 1. The molecule has 0 saturated carbocycles. The lowest BCUT2D eigenvalue weighted by Crippen LogP contribution is -2.31. The summed E-state index contributed by atoms with van der Waals surface area (Å²) in [5, 5.41) is 4.21. The van der Waals surface area contributed by atoms with Crippen LogP contribution in [0.2, 0.25) is 0 Å². The van der Waals surface area contributed by atoms with E-state index >= 15 is 0 Å². The molecule has 2 aromatic carbocycles. The maximum absolute atomic E-state index is 13.0. The van der Waals surface area contributed by atoms with Gasteiger partial charge in [-0.1, -0.05) is 18.2 Å². The Morgan fingerprint density at radius 3 is 2.38 bits per heavy atom. The molecule has 7 nitrogen and oxygen atoms in total. The lowest BCUT2D eigenvalue weighted by atomic mass is 10.2. The Bertz CT molecular complexity index is 1060. The largest absolute Gasteiger partial charge is 0.345 e. The second-order valence-corrected chi connectivity index (χ2v) is 7.37. The standard InChI is InChI=1S/C17H17FN4O3S/c1-21-16(13-7-9-14(18)10-8-13)20-22(17(21)23)12-11-19-26(24,25)15-5-3-2-4-6-15/h2-10,19H,11-12H2,1H3. The SMILES string of the molecule is Cn1c(-c2ccc(F)cc2)nn(CCNS(=O)(=O)c2ccccc2)c1=O. The molecule has 0 amide bonds. The van der Waals surface area contributed by atoms with E-state index in [-0.39, 0.29) is 29.5 Å². The average Bonchev–Trinajstić information content (AvgIpc) is 2.92. The zero-order chi connectivity index (χ0) is 18.7. The van der Waals surface area contributed by atoms with E-state index in [1.54, 1.807) is 25.2 Å². The molecule has 9 heteroatoms. The first-order valence-corrected chi connectivity index (χ1v) is 9.31. The minimum Gasteiger partial charge on any atom is -0.278 e. The van der Waals surface area contributed by atoms with Gasteiger partial charge in [-0.3, -0.25) is 4.57 Å². The summed E-state index contributed by atoms with van der Waals surface area (Å²) in [6.07, 6.45) is 0. The number of nitrogens with zero attached hydrogens (tertiary/aromatic N) is 3. The van der Waals surface area contributed by atoms with Crippen molar-refractivity contribution in [3.8, 4) is 11.4 Å². The minimum atomic E-state index is -3.65. The monoisotopic (exact) mass is 376 g/mol. The van der Waals surface area contributed by atoms with Crippen LogP contribution in [0.1, 0.15) is 0 Å². The van der Waals surface area contributed by atoms with E-state index in [0.717, 1.165) is 0 Å². The molecule has 0 saturated heterocycles. The van der Waals surface area contributed by atoms with Gasteiger partial charge in [0.1, 0.15) is 5.82 Å². The Hall–Kier alpha value is -2.78. The quantitative estimate of drug-likeness (QED) is 0.704. The van der Waals surface area contributed by atoms with Crippen LogP contribution in [-0.2, 0) is 23.6 Å². The fraction of sp³-hybridized carbons (Fsp3) is 0.176. The van der Waals surface area contributed by atoms with Crippen molar-refractivity contribution >= 4 is 10.0 Å². The zero-order valence-electron chi connectivity index (χ0n) is 14.0. The fourth-order valence-electron chi connectivity index (χ4n) is 2.45. The van der Waals surface area contributed by atoms with E-state index in [9.17, 15) is 17.6 Å². The number of nitrogens with one attached hydrogen (secondary N) is 1. The summed E-state index contributed by atoms with van der Waals surface area (Å²) >= 11 is 0. The van der Waals surface area contributed by atoms with E-state index in [1.165, 1.54) is 45.6 Å². The second kappa shape index (κ2) is 7.22. The first-order chi connectivity index (χ1) is 12.4. The highest BCUT2D eigenvalue weighted by Crippen LogP contribution is 2.15. The van der Waals surface area contributed by atoms with Crippen LogP contribution in [0.25, 0.3) is 11.4 Å². The molecule has 0 atom stereocenters. The molecule has 0 radical (unpaired) electrons. The maximum atomic E-state index is 13.0. The highest BCUT2D eigenvalue weighted by molar-refractivity contribution is 7.89. The first kappa shape index (κ1) is 18.0. The van der Waals surface area contributed by atoms with Crippen LogP contribution in [0.3, 0.4) is 0 Å². The lowest BCUT2D eigenvalue weighted by Gasteiger charge is -2.06. The molecule has 1 N–H and O–H groups in total. The smallest absolute Gasteiger partial charge is 0.278 e. The number of aromatic nitrogens is 3. The Morgan fingerprint density at radius 1 is 1.08 bits per heavy atom. The summed E-state index contributed by atoms with van der Waals surface area (Å²) in [7, 11) is -2.09. The Balaban J connectivity index is 1.74. The molecule has 0 spiro atoms. The van der Waals surface area contributed by atoms with Crippen molar-refractivity contribution in [2.75, 3.05) is 6.54 Å². The predicted molar refractivity (Wildman–Crippen MR) is 94.5 cm³/mol. The van der Waals surface area contributed by atoms with Crippen molar-refractivity contribution in [1.82, 2.24) is 19.1 Å². The molecule has 1 heterocycles. The normalized spacial score (nSPS) is 11.6. The first-order valence-electron chi connectivity index (χ1n) is 7.83. The molecule has 0 aliphatic rings. The fourth-order valence-corrected chi connectivity index (χ4v) is 3.49. The van der Waals surface area contributed by atoms with Crippen LogP contribution in [0.15, 0.2) is 64.3 Å². The van der Waals surface area contributed by atoms with Crippen LogP contribution < -0.4 is 10.4 Å². The molecule has 0 aliphatic heterocycles. The molecule has 3 aromatic rings. The molecular weight excluding hydrogens is 359 g/mol. The molecule has 26 heavy (non-hydrogen) atoms. The van der Waals surface area contributed by atoms with Crippen molar-refractivity contribution < 1.29 is 12.8 Å². The maximum Gasteiger partial charge on any atom is 0.345 e. The Morgan fingerprint density at radius 2 is 1.73 bits per heavy atom. The van der Waals surface area contributed by atoms with Gasteiger partial charge in [-0.05, 0) is 36.4 Å². The number of hydrogen-bond donors (Lipinski definition) is 1. The predicted octanol–water partition coefficient (Wildman–Crippen LogP) is 1.37. The summed E-state index contributed by atoms with van der Waals surface area (Å²) in [6, 6.07) is 13.6. The molecule has 0 fully saturated rings. The number of halogens is 1. The van der Waals surface area contributed by atoms with Gasteiger partial charge in [-0.25, -0.2) is 27.0 Å². The van der Waals surface area contributed by atoms with E-state index in [2.05, 4.69) is 9.82 Å². The van der Waals surface area contributed by atoms with Crippen molar-refractivity contribution in [1.29, 1.82) is 0 Å². The topological polar surface area (TPSA) is 86.0 Å². The van der Waals surface area contributed by atoms with Gasteiger partial charge in [0.05, 0.1) is 11.4 Å². The van der Waals surface area contributed by atoms with Gasteiger partial charge < -0.3 is 0 Å². The number of rotatable bonds is 6. The van der Waals surface area contributed by atoms with Crippen molar-refractivity contribution in [3.63, 3.8) is 0 Å². The van der Waals surface area contributed by atoms with Gasteiger partial charge in [0, 0.05) is 19.2 Å². The molecule has 0 bridgehead atoms. The third-order valence-corrected chi connectivity index (χ3v) is 5.29. The van der Waals surface area contributed by atoms with Crippen molar-refractivity contribution in [2.45, 2.75) is 11.4 Å². The third kappa shape index (κ3) is 3.73. The van der Waals surface area contributed by atoms with E-state index < -0.39 is 10.0 Å². The summed E-state index contributed by atoms with van der Waals surface area (Å²) in [4.78, 5) is 12.4. The van der Waals surface area contributed by atoms with Crippen LogP contribution >= 0.6 is 0 Å². The summed E-state index contributed by atoms with van der Waals surface area (Å²) < 4.78 is 42.3. The Labute approximate surface area is 149 Å². The van der Waals surface area contributed by atoms with Gasteiger partial charge in [0.25, 0.3) is 0 Å². The van der Waals surface area contributed by atoms with Gasteiger partial charge in [0.2, 0.25) is 10.0 Å². The van der Waals surface area contributed by atoms with Crippen LogP contribution in [-0.4, -0.2) is 29.3 Å². The highest BCUT2D eigenvalue weighted by Gasteiger charge is 2.15. The molecule has 1 aromatic heterocycles. The van der Waals surface area contributed by atoms with Gasteiger partial charge in [-0.2, -0.15) is 0 Å². The molecule has 0 aliphatic carbocycles. The van der Waals surface area contributed by atoms with Crippen LogP contribution in [0, 0.1) is 5.82 Å². The molecule has 3 rings (SSSR count). The minimum absolute atomic E-state index is 0.0109.